The Morgan fingerprint density at radius 3 is 2.73 bits per heavy atom. The molecule has 4 heteroatoms. The molecule has 3 aromatic rings. The van der Waals surface area contributed by atoms with Crippen molar-refractivity contribution in [3.63, 3.8) is 0 Å². The fourth-order valence-corrected chi connectivity index (χ4v) is 3.57. The number of rotatable bonds is 3. The van der Waals surface area contributed by atoms with E-state index in [1.807, 2.05) is 36.5 Å². The molecule has 1 aromatic heterocycles. The number of aromatic amines is 1. The largest absolute Gasteiger partial charge is 0.292 e. The molecule has 4 rings (SSSR count). The van der Waals surface area contributed by atoms with Gasteiger partial charge in [-0.05, 0) is 74.2 Å². The number of nitrogens with one attached hydrogen (secondary N) is 1. The molecule has 0 aliphatic carbocycles. The van der Waals surface area contributed by atoms with E-state index in [1.165, 1.54) is 18.4 Å². The Balaban J connectivity index is 1.27. The molecule has 0 atom stereocenters. The predicted molar refractivity (Wildman–Crippen MR) is 102 cm³/mol. The van der Waals surface area contributed by atoms with Crippen LogP contribution in [0.15, 0.2) is 48.7 Å². The van der Waals surface area contributed by atoms with Crippen molar-refractivity contribution in [1.82, 2.24) is 15.1 Å². The van der Waals surface area contributed by atoms with Crippen molar-refractivity contribution in [3.05, 3.63) is 65.6 Å². The standard InChI is InChI=1S/C22H22FN3/c23-21-7-4-18(5-8-21)14-19-9-12-26(13-10-19)11-1-2-17-3-6-20-16-24-25-22(20)15-17/h3-8,15-16,19H,9-14H2,(H,24,25). The molecule has 0 unspecified atom stereocenters. The fraction of sp³-hybridized carbons (Fsp3) is 0.318. The Morgan fingerprint density at radius 2 is 1.92 bits per heavy atom. The van der Waals surface area contributed by atoms with Gasteiger partial charge in [0.1, 0.15) is 5.82 Å². The average Bonchev–Trinajstić information content (AvgIpc) is 3.13. The SMILES string of the molecule is Fc1ccc(CC2CCN(CC#Cc3ccc4cn[nH]c4c3)CC2)cc1. The van der Waals surface area contributed by atoms with Crippen LogP contribution in [0.4, 0.5) is 4.39 Å². The topological polar surface area (TPSA) is 31.9 Å². The Hall–Kier alpha value is -2.64. The van der Waals surface area contributed by atoms with Crippen LogP contribution in [0, 0.1) is 23.6 Å². The first-order chi connectivity index (χ1) is 12.8. The molecule has 0 bridgehead atoms. The smallest absolute Gasteiger partial charge is 0.123 e. The van der Waals surface area contributed by atoms with Gasteiger partial charge in [-0.1, -0.05) is 24.0 Å². The summed E-state index contributed by atoms with van der Waals surface area (Å²) in [5.41, 5.74) is 3.28. The van der Waals surface area contributed by atoms with Crippen LogP contribution in [-0.2, 0) is 6.42 Å². The summed E-state index contributed by atoms with van der Waals surface area (Å²) in [5.74, 6) is 7.08. The summed E-state index contributed by atoms with van der Waals surface area (Å²) in [5, 5.41) is 8.13. The second kappa shape index (κ2) is 7.72. The zero-order valence-electron chi connectivity index (χ0n) is 14.7. The molecule has 3 nitrogen and oxygen atoms in total. The number of nitrogens with zero attached hydrogens (tertiary/aromatic N) is 2. The lowest BCUT2D eigenvalue weighted by molar-refractivity contribution is 0.203. The first-order valence-electron chi connectivity index (χ1n) is 9.15. The van der Waals surface area contributed by atoms with Crippen molar-refractivity contribution in [2.45, 2.75) is 19.3 Å². The highest BCUT2D eigenvalue weighted by Crippen LogP contribution is 2.21. The van der Waals surface area contributed by atoms with Crippen molar-refractivity contribution in [1.29, 1.82) is 0 Å². The number of piperidine rings is 1. The van der Waals surface area contributed by atoms with Crippen LogP contribution >= 0.6 is 0 Å². The van der Waals surface area contributed by atoms with Crippen molar-refractivity contribution < 1.29 is 4.39 Å². The highest BCUT2D eigenvalue weighted by Gasteiger charge is 2.18. The third-order valence-corrected chi connectivity index (χ3v) is 5.12. The van der Waals surface area contributed by atoms with E-state index in [4.69, 9.17) is 0 Å². The molecule has 0 radical (unpaired) electrons. The lowest BCUT2D eigenvalue weighted by Gasteiger charge is -2.30. The molecule has 2 heterocycles. The van der Waals surface area contributed by atoms with E-state index in [0.29, 0.717) is 5.92 Å². The summed E-state index contributed by atoms with van der Waals surface area (Å²) in [4.78, 5) is 2.42. The van der Waals surface area contributed by atoms with Crippen LogP contribution in [-0.4, -0.2) is 34.7 Å². The number of H-pyrrole nitrogens is 1. The summed E-state index contributed by atoms with van der Waals surface area (Å²) < 4.78 is 13.0. The quantitative estimate of drug-likeness (QED) is 0.726. The zero-order chi connectivity index (χ0) is 17.8. The van der Waals surface area contributed by atoms with Crippen LogP contribution in [0.3, 0.4) is 0 Å². The van der Waals surface area contributed by atoms with Crippen LogP contribution in [0.25, 0.3) is 10.9 Å². The summed E-state index contributed by atoms with van der Waals surface area (Å²) in [6.45, 7) is 2.98. The number of fused-ring (bicyclic) bond motifs is 1. The minimum atomic E-state index is -0.158. The second-order valence-corrected chi connectivity index (χ2v) is 7.02. The van der Waals surface area contributed by atoms with Crippen LogP contribution in [0.5, 0.6) is 0 Å². The molecule has 1 aliphatic heterocycles. The Labute approximate surface area is 153 Å². The fourth-order valence-electron chi connectivity index (χ4n) is 3.57. The highest BCUT2D eigenvalue weighted by atomic mass is 19.1. The van der Waals surface area contributed by atoms with Gasteiger partial charge in [-0.15, -0.1) is 0 Å². The number of likely N-dealkylation sites (tertiary alicyclic amines) is 1. The van der Waals surface area contributed by atoms with E-state index in [-0.39, 0.29) is 5.82 Å². The summed E-state index contributed by atoms with van der Waals surface area (Å²) >= 11 is 0. The molecule has 0 spiro atoms. The van der Waals surface area contributed by atoms with Gasteiger partial charge in [0.25, 0.3) is 0 Å². The molecule has 0 amide bonds. The Morgan fingerprint density at radius 1 is 1.12 bits per heavy atom. The van der Waals surface area contributed by atoms with Gasteiger partial charge < -0.3 is 0 Å². The summed E-state index contributed by atoms with van der Waals surface area (Å²) in [6, 6.07) is 13.1. The predicted octanol–water partition coefficient (Wildman–Crippen LogP) is 4.01. The molecule has 1 saturated heterocycles. The number of benzene rings is 2. The summed E-state index contributed by atoms with van der Waals surface area (Å²) in [7, 11) is 0. The molecule has 132 valence electrons. The first kappa shape index (κ1) is 16.8. The van der Waals surface area contributed by atoms with Gasteiger partial charge in [0.15, 0.2) is 0 Å². The maximum atomic E-state index is 13.0. The van der Waals surface area contributed by atoms with Gasteiger partial charge in [0, 0.05) is 10.9 Å². The number of aromatic nitrogens is 2. The number of halogens is 1. The van der Waals surface area contributed by atoms with Gasteiger partial charge in [-0.3, -0.25) is 10.00 Å². The Bertz CT molecular complexity index is 925. The first-order valence-corrected chi connectivity index (χ1v) is 9.15. The maximum Gasteiger partial charge on any atom is 0.123 e. The van der Waals surface area contributed by atoms with Gasteiger partial charge in [0.2, 0.25) is 0 Å². The lowest BCUT2D eigenvalue weighted by atomic mass is 9.90. The molecular formula is C22H22FN3. The normalized spacial score (nSPS) is 15.7. The van der Waals surface area contributed by atoms with Crippen molar-refractivity contribution >= 4 is 10.9 Å². The molecule has 1 aliphatic rings. The number of hydrogen-bond donors (Lipinski definition) is 1. The zero-order valence-corrected chi connectivity index (χ0v) is 14.7. The van der Waals surface area contributed by atoms with Gasteiger partial charge in [-0.2, -0.15) is 5.10 Å². The third-order valence-electron chi connectivity index (χ3n) is 5.12. The number of hydrogen-bond acceptors (Lipinski definition) is 2. The van der Waals surface area contributed by atoms with Crippen molar-refractivity contribution in [2.24, 2.45) is 5.92 Å². The van der Waals surface area contributed by atoms with E-state index in [0.717, 1.165) is 42.5 Å². The molecular weight excluding hydrogens is 325 g/mol. The average molecular weight is 347 g/mol. The molecule has 26 heavy (non-hydrogen) atoms. The van der Waals surface area contributed by atoms with Crippen LogP contribution in [0.1, 0.15) is 24.0 Å². The van der Waals surface area contributed by atoms with E-state index >= 15 is 0 Å². The van der Waals surface area contributed by atoms with Gasteiger partial charge >= 0.3 is 0 Å². The maximum absolute atomic E-state index is 13.0. The highest BCUT2D eigenvalue weighted by molar-refractivity contribution is 5.79. The van der Waals surface area contributed by atoms with Gasteiger partial charge in [0.05, 0.1) is 18.3 Å². The lowest BCUT2D eigenvalue weighted by Crippen LogP contribution is -2.34. The van der Waals surface area contributed by atoms with E-state index < -0.39 is 0 Å². The summed E-state index contributed by atoms with van der Waals surface area (Å²) in [6.07, 6.45) is 5.23. The molecule has 1 N–H and O–H groups in total. The third kappa shape index (κ3) is 4.12. The molecule has 0 saturated carbocycles. The van der Waals surface area contributed by atoms with Crippen molar-refractivity contribution in [3.8, 4) is 11.8 Å². The monoisotopic (exact) mass is 347 g/mol. The van der Waals surface area contributed by atoms with Crippen LogP contribution in [0.2, 0.25) is 0 Å². The van der Waals surface area contributed by atoms with Crippen LogP contribution < -0.4 is 0 Å². The molecule has 2 aromatic carbocycles. The Kier molecular flexibility index (Phi) is 4.99. The van der Waals surface area contributed by atoms with E-state index in [2.05, 4.69) is 26.9 Å². The van der Waals surface area contributed by atoms with E-state index in [9.17, 15) is 4.39 Å². The minimum Gasteiger partial charge on any atom is -0.292 e. The minimum absolute atomic E-state index is 0.158. The molecule has 1 fully saturated rings. The second-order valence-electron chi connectivity index (χ2n) is 7.02. The van der Waals surface area contributed by atoms with E-state index in [1.54, 1.807) is 12.1 Å². The van der Waals surface area contributed by atoms with Crippen molar-refractivity contribution in [2.75, 3.05) is 19.6 Å². The van der Waals surface area contributed by atoms with Gasteiger partial charge in [-0.25, -0.2) is 4.39 Å².